The molecule has 3 heterocycles. The number of aromatic nitrogens is 2. The Morgan fingerprint density at radius 3 is 2.55 bits per heavy atom. The summed E-state index contributed by atoms with van der Waals surface area (Å²) in [6.45, 7) is -1.10. The summed E-state index contributed by atoms with van der Waals surface area (Å²) >= 11 is 0. The highest BCUT2D eigenvalue weighted by atomic mass is 19.3. The first-order valence-electron chi connectivity index (χ1n) is 9.38. The summed E-state index contributed by atoms with van der Waals surface area (Å²) in [5.74, 6) is -3.27. The number of nitrogens with zero attached hydrogens (tertiary/aromatic N) is 3. The van der Waals surface area contributed by atoms with Crippen LogP contribution in [0.15, 0.2) is 60.8 Å². The van der Waals surface area contributed by atoms with Crippen LogP contribution in [0.5, 0.6) is 0 Å². The Labute approximate surface area is 166 Å². The summed E-state index contributed by atoms with van der Waals surface area (Å²) in [6, 6.07) is 17.2. The fraction of sp³-hybridized carbons (Fsp3) is 0.174. The molecule has 0 saturated carbocycles. The summed E-state index contributed by atoms with van der Waals surface area (Å²) < 4.78 is 26.1. The largest absolute Gasteiger partial charge is 0.325 e. The van der Waals surface area contributed by atoms with Gasteiger partial charge in [0.2, 0.25) is 0 Å². The maximum Gasteiger partial charge on any atom is 0.282 e. The molecule has 0 spiro atoms. The lowest BCUT2D eigenvalue weighted by Gasteiger charge is -2.38. The highest BCUT2D eigenvalue weighted by molar-refractivity contribution is 5.94. The van der Waals surface area contributed by atoms with Gasteiger partial charge < -0.3 is 4.90 Å². The zero-order valence-corrected chi connectivity index (χ0v) is 15.5. The number of carbonyl (C=O) groups excluding carboxylic acids is 1. The van der Waals surface area contributed by atoms with Gasteiger partial charge >= 0.3 is 0 Å². The van der Waals surface area contributed by atoms with Gasteiger partial charge in [-0.15, -0.1) is 0 Å². The number of amides is 1. The molecule has 0 unspecified atom stereocenters. The van der Waals surface area contributed by atoms with Crippen molar-refractivity contribution in [1.82, 2.24) is 14.9 Å². The molecule has 144 valence electrons. The van der Waals surface area contributed by atoms with Gasteiger partial charge in [-0.05, 0) is 41.0 Å². The quantitative estimate of drug-likeness (QED) is 0.670. The molecular formula is C23H17F2N3O. The first-order chi connectivity index (χ1) is 14.0. The molecule has 2 aliphatic rings. The van der Waals surface area contributed by atoms with E-state index >= 15 is 0 Å². The van der Waals surface area contributed by atoms with E-state index in [0.29, 0.717) is 5.69 Å². The molecule has 1 amide bonds. The maximum atomic E-state index is 13.1. The van der Waals surface area contributed by atoms with Gasteiger partial charge in [-0.3, -0.25) is 9.78 Å². The number of hydrogen-bond acceptors (Lipinski definition) is 3. The summed E-state index contributed by atoms with van der Waals surface area (Å²) in [7, 11) is 0. The van der Waals surface area contributed by atoms with Crippen molar-refractivity contribution < 1.29 is 13.6 Å². The molecule has 1 aliphatic heterocycles. The van der Waals surface area contributed by atoms with E-state index in [1.807, 2.05) is 24.3 Å². The molecule has 3 aromatic rings. The van der Waals surface area contributed by atoms with Crippen molar-refractivity contribution in [3.8, 4) is 11.3 Å². The first kappa shape index (κ1) is 17.7. The molecule has 5 rings (SSSR count). The molecule has 1 aliphatic carbocycles. The molecular weight excluding hydrogens is 372 g/mol. The average molecular weight is 389 g/mol. The number of halogens is 2. The lowest BCUT2D eigenvalue weighted by atomic mass is 10.1. The Morgan fingerprint density at radius 2 is 1.79 bits per heavy atom. The lowest BCUT2D eigenvalue weighted by molar-refractivity contribution is -0.113. The van der Waals surface area contributed by atoms with E-state index < -0.39 is 24.9 Å². The summed E-state index contributed by atoms with van der Waals surface area (Å²) in [5.41, 5.74) is 5.96. The Bertz CT molecular complexity index is 1130. The summed E-state index contributed by atoms with van der Waals surface area (Å²) in [4.78, 5) is 22.5. The predicted octanol–water partition coefficient (Wildman–Crippen LogP) is 4.33. The number of hydrogen-bond donors (Lipinski definition) is 0. The molecule has 1 saturated heterocycles. The monoisotopic (exact) mass is 389 g/mol. The van der Waals surface area contributed by atoms with Gasteiger partial charge in [0, 0.05) is 18.2 Å². The number of likely N-dealkylation sites (tertiary alicyclic amines) is 1. The van der Waals surface area contributed by atoms with E-state index in [0.717, 1.165) is 28.1 Å². The predicted molar refractivity (Wildman–Crippen MR) is 106 cm³/mol. The van der Waals surface area contributed by atoms with E-state index in [9.17, 15) is 13.6 Å². The number of fused-ring (bicyclic) bond motifs is 1. The fourth-order valence-corrected chi connectivity index (χ4v) is 3.71. The van der Waals surface area contributed by atoms with E-state index in [1.165, 1.54) is 11.1 Å². The van der Waals surface area contributed by atoms with Crippen LogP contribution in [0.3, 0.4) is 0 Å². The second-order valence-corrected chi connectivity index (χ2v) is 7.40. The van der Waals surface area contributed by atoms with E-state index in [2.05, 4.69) is 28.2 Å². The Hall–Kier alpha value is -3.41. The van der Waals surface area contributed by atoms with Crippen LogP contribution in [-0.4, -0.2) is 39.8 Å². The van der Waals surface area contributed by atoms with Crippen molar-refractivity contribution >= 4 is 17.6 Å². The second-order valence-electron chi connectivity index (χ2n) is 7.40. The van der Waals surface area contributed by atoms with Gasteiger partial charge in [0.15, 0.2) is 0 Å². The van der Waals surface area contributed by atoms with Crippen molar-refractivity contribution in [3.05, 3.63) is 83.3 Å². The van der Waals surface area contributed by atoms with E-state index in [4.69, 9.17) is 0 Å². The van der Waals surface area contributed by atoms with Crippen LogP contribution < -0.4 is 0 Å². The van der Waals surface area contributed by atoms with Crippen LogP contribution in [0.1, 0.15) is 27.3 Å². The van der Waals surface area contributed by atoms with Crippen LogP contribution in [0.2, 0.25) is 0 Å². The Morgan fingerprint density at radius 1 is 1.00 bits per heavy atom. The molecule has 0 N–H and O–H groups in total. The Balaban J connectivity index is 1.42. The van der Waals surface area contributed by atoms with Crippen LogP contribution in [0, 0.1) is 0 Å². The van der Waals surface area contributed by atoms with Crippen molar-refractivity contribution in [2.24, 2.45) is 0 Å². The smallest absolute Gasteiger partial charge is 0.282 e. The first-order valence-corrected chi connectivity index (χ1v) is 9.38. The molecule has 29 heavy (non-hydrogen) atoms. The SMILES string of the molecule is O=C(c1cccc(-c2cnc3c(c2)C=C(c2ccccc2)C3)n1)N1CC(F)(F)C1. The minimum atomic E-state index is -2.79. The minimum absolute atomic E-state index is 0.166. The van der Waals surface area contributed by atoms with Gasteiger partial charge in [-0.1, -0.05) is 36.4 Å². The number of benzene rings is 1. The lowest BCUT2D eigenvalue weighted by Crippen LogP contribution is -2.58. The molecule has 0 atom stereocenters. The molecule has 1 fully saturated rings. The highest BCUT2D eigenvalue weighted by Gasteiger charge is 2.46. The molecule has 4 nitrogen and oxygen atoms in total. The van der Waals surface area contributed by atoms with Crippen LogP contribution in [0.4, 0.5) is 8.78 Å². The average Bonchev–Trinajstić information content (AvgIpc) is 3.15. The summed E-state index contributed by atoms with van der Waals surface area (Å²) in [6.07, 6.45) is 4.64. The highest BCUT2D eigenvalue weighted by Crippen LogP contribution is 2.33. The third-order valence-electron chi connectivity index (χ3n) is 5.23. The standard InChI is InChI=1S/C23H17F2N3O/c24-23(25)13-28(14-23)22(29)20-8-4-7-19(27-20)18-10-17-9-16(11-21(17)26-12-18)15-5-2-1-3-6-15/h1-10,12H,11,13-14H2. The summed E-state index contributed by atoms with van der Waals surface area (Å²) in [5, 5.41) is 0. The number of alkyl halides is 2. The fourth-order valence-electron chi connectivity index (χ4n) is 3.71. The van der Waals surface area contributed by atoms with Crippen LogP contribution in [0.25, 0.3) is 22.9 Å². The number of allylic oxidation sites excluding steroid dienone is 1. The van der Waals surface area contributed by atoms with Crippen LogP contribution in [-0.2, 0) is 6.42 Å². The van der Waals surface area contributed by atoms with Gasteiger partial charge in [0.25, 0.3) is 11.8 Å². The third kappa shape index (κ3) is 3.31. The molecule has 2 aromatic heterocycles. The van der Waals surface area contributed by atoms with E-state index in [-0.39, 0.29) is 5.69 Å². The topological polar surface area (TPSA) is 46.1 Å². The van der Waals surface area contributed by atoms with Gasteiger partial charge in [0.1, 0.15) is 5.69 Å². The van der Waals surface area contributed by atoms with Gasteiger partial charge in [0.05, 0.1) is 24.5 Å². The zero-order chi connectivity index (χ0) is 20.0. The number of pyridine rings is 2. The molecule has 0 radical (unpaired) electrons. The maximum absolute atomic E-state index is 13.1. The van der Waals surface area contributed by atoms with Gasteiger partial charge in [-0.25, -0.2) is 13.8 Å². The van der Waals surface area contributed by atoms with Gasteiger partial charge in [-0.2, -0.15) is 0 Å². The van der Waals surface area contributed by atoms with Crippen molar-refractivity contribution in [2.45, 2.75) is 12.3 Å². The van der Waals surface area contributed by atoms with E-state index in [1.54, 1.807) is 24.4 Å². The molecule has 6 heteroatoms. The Kier molecular flexibility index (Phi) is 4.01. The minimum Gasteiger partial charge on any atom is -0.325 e. The van der Waals surface area contributed by atoms with Crippen LogP contribution >= 0.6 is 0 Å². The van der Waals surface area contributed by atoms with Crippen molar-refractivity contribution in [1.29, 1.82) is 0 Å². The number of carbonyl (C=O) groups is 1. The molecule has 1 aromatic carbocycles. The van der Waals surface area contributed by atoms with Crippen molar-refractivity contribution in [2.75, 3.05) is 13.1 Å². The van der Waals surface area contributed by atoms with Crippen molar-refractivity contribution in [3.63, 3.8) is 0 Å². The third-order valence-corrected chi connectivity index (χ3v) is 5.23. The number of rotatable bonds is 3. The zero-order valence-electron chi connectivity index (χ0n) is 15.5. The second kappa shape index (κ2) is 6.58. The molecule has 0 bridgehead atoms. The normalized spacial score (nSPS) is 16.8.